The summed E-state index contributed by atoms with van der Waals surface area (Å²) in [4.78, 5) is 31.7. The van der Waals surface area contributed by atoms with E-state index >= 15 is 0 Å². The molecule has 3 aromatic rings. The molecular weight excluding hydrogens is 424 g/mol. The Balaban J connectivity index is 1.75. The van der Waals surface area contributed by atoms with Gasteiger partial charge in [-0.15, -0.1) is 11.3 Å². The number of aryl methyl sites for hydroxylation is 1. The number of hydrogen-bond acceptors (Lipinski definition) is 8. The number of hydrogen-bond donors (Lipinski definition) is 2. The van der Waals surface area contributed by atoms with Gasteiger partial charge in [0.25, 0.3) is 0 Å². The quantitative estimate of drug-likeness (QED) is 0.611. The van der Waals surface area contributed by atoms with E-state index in [4.69, 9.17) is 4.98 Å². The number of amides is 1. The average molecular weight is 445 g/mol. The molecule has 0 spiro atoms. The molecule has 0 atom stereocenters. The summed E-state index contributed by atoms with van der Waals surface area (Å²) in [6, 6.07) is 3.21. The van der Waals surface area contributed by atoms with E-state index in [1.807, 2.05) is 7.05 Å². The molecule has 162 valence electrons. The van der Waals surface area contributed by atoms with Crippen molar-refractivity contribution in [3.63, 3.8) is 0 Å². The lowest BCUT2D eigenvalue weighted by molar-refractivity contribution is -0.114. The molecule has 0 bridgehead atoms. The van der Waals surface area contributed by atoms with Gasteiger partial charge in [0.05, 0.1) is 16.9 Å². The SMILES string of the molecule is CC(=O)Nc1cc(Nc2cc(C)nc(C(C)(F)F)n2)c(-c2nc3c(s2)CN(C)C3)cn1. The number of anilines is 3. The molecule has 4 rings (SSSR count). The predicted octanol–water partition coefficient (Wildman–Crippen LogP) is 4.06. The third-order valence-electron chi connectivity index (χ3n) is 4.56. The first kappa shape index (κ1) is 21.2. The number of thiazole rings is 1. The van der Waals surface area contributed by atoms with Gasteiger partial charge in [0, 0.05) is 55.8 Å². The van der Waals surface area contributed by atoms with Crippen LogP contribution in [0.2, 0.25) is 0 Å². The summed E-state index contributed by atoms with van der Waals surface area (Å²) >= 11 is 1.56. The highest BCUT2D eigenvalue weighted by Crippen LogP contribution is 2.38. The standard InChI is InChI=1S/C20H21F2N7OS/c1-10-5-17(28-19(24-10)20(3,21)22)26-13-6-16(25-11(2)30)23-7-12(13)18-27-14-8-29(4)9-15(14)31-18/h5-7H,8-9H2,1-4H3,(H2,23,24,25,26,28,30). The molecule has 0 aromatic carbocycles. The van der Waals surface area contributed by atoms with Crippen LogP contribution < -0.4 is 10.6 Å². The number of rotatable bonds is 5. The molecule has 3 aromatic heterocycles. The summed E-state index contributed by atoms with van der Waals surface area (Å²) in [5, 5.41) is 6.49. The molecule has 31 heavy (non-hydrogen) atoms. The van der Waals surface area contributed by atoms with Gasteiger partial charge in [-0.05, 0) is 14.0 Å². The fourth-order valence-corrected chi connectivity index (χ4v) is 4.42. The van der Waals surface area contributed by atoms with Crippen LogP contribution >= 0.6 is 11.3 Å². The summed E-state index contributed by atoms with van der Waals surface area (Å²) < 4.78 is 27.6. The number of carbonyl (C=O) groups is 1. The molecule has 0 saturated carbocycles. The number of halogens is 2. The van der Waals surface area contributed by atoms with Crippen LogP contribution in [-0.4, -0.2) is 37.8 Å². The number of aromatic nitrogens is 4. The van der Waals surface area contributed by atoms with Gasteiger partial charge in [-0.2, -0.15) is 8.78 Å². The maximum Gasteiger partial charge on any atom is 0.303 e. The number of alkyl halides is 2. The van der Waals surface area contributed by atoms with E-state index in [1.54, 1.807) is 36.6 Å². The number of fused-ring (bicyclic) bond motifs is 1. The lowest BCUT2D eigenvalue weighted by atomic mass is 10.2. The Morgan fingerprint density at radius 2 is 1.97 bits per heavy atom. The van der Waals surface area contributed by atoms with Gasteiger partial charge >= 0.3 is 5.92 Å². The van der Waals surface area contributed by atoms with Crippen LogP contribution in [0.3, 0.4) is 0 Å². The first-order chi connectivity index (χ1) is 14.6. The van der Waals surface area contributed by atoms with Gasteiger partial charge in [-0.3, -0.25) is 9.69 Å². The lowest BCUT2D eigenvalue weighted by Crippen LogP contribution is -2.14. The molecule has 0 aliphatic carbocycles. The van der Waals surface area contributed by atoms with Crippen molar-refractivity contribution in [3.05, 3.63) is 40.4 Å². The van der Waals surface area contributed by atoms with E-state index < -0.39 is 11.7 Å². The van der Waals surface area contributed by atoms with Gasteiger partial charge in [0.2, 0.25) is 11.7 Å². The van der Waals surface area contributed by atoms with Crippen molar-refractivity contribution in [3.8, 4) is 10.6 Å². The van der Waals surface area contributed by atoms with E-state index in [0.717, 1.165) is 30.7 Å². The first-order valence-corrected chi connectivity index (χ1v) is 10.4. The lowest BCUT2D eigenvalue weighted by Gasteiger charge is -2.15. The van der Waals surface area contributed by atoms with Crippen LogP contribution in [0.1, 0.15) is 35.9 Å². The zero-order valence-electron chi connectivity index (χ0n) is 17.5. The van der Waals surface area contributed by atoms with Crippen molar-refractivity contribution in [2.75, 3.05) is 17.7 Å². The Hall–Kier alpha value is -3.05. The van der Waals surface area contributed by atoms with Crippen molar-refractivity contribution in [2.24, 2.45) is 0 Å². The molecule has 0 fully saturated rings. The molecule has 1 amide bonds. The Bertz CT molecular complexity index is 1140. The van der Waals surface area contributed by atoms with Crippen LogP contribution in [0.25, 0.3) is 10.6 Å². The monoisotopic (exact) mass is 445 g/mol. The Kier molecular flexibility index (Phi) is 5.40. The number of carbonyl (C=O) groups excluding carboxylic acids is 1. The third kappa shape index (κ3) is 4.67. The van der Waals surface area contributed by atoms with Crippen LogP contribution in [-0.2, 0) is 23.8 Å². The van der Waals surface area contributed by atoms with Gasteiger partial charge in [-0.1, -0.05) is 0 Å². The Morgan fingerprint density at radius 1 is 1.19 bits per heavy atom. The summed E-state index contributed by atoms with van der Waals surface area (Å²) in [7, 11) is 2.03. The molecule has 0 unspecified atom stereocenters. The Morgan fingerprint density at radius 3 is 2.65 bits per heavy atom. The third-order valence-corrected chi connectivity index (χ3v) is 5.68. The van der Waals surface area contributed by atoms with E-state index in [0.29, 0.717) is 22.8 Å². The number of nitrogens with zero attached hydrogens (tertiary/aromatic N) is 5. The highest BCUT2D eigenvalue weighted by molar-refractivity contribution is 7.15. The maximum absolute atomic E-state index is 13.8. The van der Waals surface area contributed by atoms with Crippen molar-refractivity contribution >= 4 is 34.6 Å². The summed E-state index contributed by atoms with van der Waals surface area (Å²) in [5.74, 6) is -3.46. The maximum atomic E-state index is 13.8. The zero-order chi connectivity index (χ0) is 22.3. The smallest absolute Gasteiger partial charge is 0.303 e. The van der Waals surface area contributed by atoms with Crippen LogP contribution in [0.5, 0.6) is 0 Å². The van der Waals surface area contributed by atoms with Crippen LogP contribution in [0, 0.1) is 6.92 Å². The molecule has 4 heterocycles. The van der Waals surface area contributed by atoms with Crippen LogP contribution in [0.4, 0.5) is 26.1 Å². The molecule has 2 N–H and O–H groups in total. The minimum atomic E-state index is -3.17. The van der Waals surface area contributed by atoms with Gasteiger partial charge in [0.15, 0.2) is 0 Å². The minimum absolute atomic E-state index is 0.217. The molecular formula is C20H21F2N7OS. The van der Waals surface area contributed by atoms with E-state index in [1.165, 1.54) is 11.8 Å². The number of nitrogens with one attached hydrogen (secondary N) is 2. The number of pyridine rings is 1. The van der Waals surface area contributed by atoms with Crippen molar-refractivity contribution in [2.45, 2.75) is 39.8 Å². The second-order valence-electron chi connectivity index (χ2n) is 7.59. The summed E-state index contributed by atoms with van der Waals surface area (Å²) in [5.41, 5.74) is 2.66. The Labute approximate surface area is 181 Å². The minimum Gasteiger partial charge on any atom is -0.339 e. The van der Waals surface area contributed by atoms with Crippen molar-refractivity contribution < 1.29 is 13.6 Å². The summed E-state index contributed by atoms with van der Waals surface area (Å²) in [6.45, 7) is 5.36. The normalized spacial score (nSPS) is 13.9. The predicted molar refractivity (Wildman–Crippen MR) is 114 cm³/mol. The van der Waals surface area contributed by atoms with E-state index in [2.05, 4.69) is 30.5 Å². The highest BCUT2D eigenvalue weighted by Gasteiger charge is 2.29. The molecule has 1 aliphatic heterocycles. The summed E-state index contributed by atoms with van der Waals surface area (Å²) in [6.07, 6.45) is 1.61. The fourth-order valence-electron chi connectivity index (χ4n) is 3.25. The molecule has 1 aliphatic rings. The van der Waals surface area contributed by atoms with Crippen molar-refractivity contribution in [1.29, 1.82) is 0 Å². The van der Waals surface area contributed by atoms with Crippen LogP contribution in [0.15, 0.2) is 18.3 Å². The molecule has 0 radical (unpaired) electrons. The first-order valence-electron chi connectivity index (χ1n) is 9.54. The zero-order valence-corrected chi connectivity index (χ0v) is 18.3. The average Bonchev–Trinajstić information content (AvgIpc) is 3.17. The topological polar surface area (TPSA) is 95.9 Å². The molecule has 8 nitrogen and oxygen atoms in total. The van der Waals surface area contributed by atoms with Gasteiger partial charge in [0.1, 0.15) is 16.6 Å². The fraction of sp³-hybridized carbons (Fsp3) is 0.350. The van der Waals surface area contributed by atoms with Gasteiger partial charge < -0.3 is 10.6 Å². The van der Waals surface area contributed by atoms with Crippen molar-refractivity contribution in [1.82, 2.24) is 24.8 Å². The van der Waals surface area contributed by atoms with E-state index in [-0.39, 0.29) is 11.7 Å². The highest BCUT2D eigenvalue weighted by atomic mass is 32.1. The van der Waals surface area contributed by atoms with Gasteiger partial charge in [-0.25, -0.2) is 19.9 Å². The molecule has 11 heteroatoms. The molecule has 0 saturated heterocycles. The van der Waals surface area contributed by atoms with E-state index in [9.17, 15) is 13.6 Å². The largest absolute Gasteiger partial charge is 0.339 e. The second kappa shape index (κ2) is 7.89. The second-order valence-corrected chi connectivity index (χ2v) is 8.67.